The predicted molar refractivity (Wildman–Crippen MR) is 117 cm³/mol. The van der Waals surface area contributed by atoms with Crippen molar-refractivity contribution in [1.82, 2.24) is 0 Å². The van der Waals surface area contributed by atoms with E-state index in [2.05, 4.69) is 28.7 Å². The van der Waals surface area contributed by atoms with Crippen LogP contribution in [0.3, 0.4) is 0 Å². The van der Waals surface area contributed by atoms with Gasteiger partial charge in [-0.25, -0.2) is 0 Å². The molecule has 0 spiro atoms. The van der Waals surface area contributed by atoms with Crippen LogP contribution in [0, 0.1) is 25.0 Å². The largest absolute Gasteiger partial charge is 0.488 e. The van der Waals surface area contributed by atoms with Gasteiger partial charge in [0.25, 0.3) is 5.69 Å². The zero-order chi connectivity index (χ0) is 19.9. The normalized spacial score (nSPS) is 10.9. The van der Waals surface area contributed by atoms with Gasteiger partial charge in [0.15, 0.2) is 0 Å². The molecule has 5 nitrogen and oxygen atoms in total. The van der Waals surface area contributed by atoms with Crippen molar-refractivity contribution in [2.24, 2.45) is 0 Å². The Morgan fingerprint density at radius 1 is 1.07 bits per heavy atom. The molecule has 0 aliphatic heterocycles. The quantitative estimate of drug-likeness (QED) is 0.145. The van der Waals surface area contributed by atoms with E-state index in [1.807, 2.05) is 48.5 Å². The van der Waals surface area contributed by atoms with Gasteiger partial charge in [0.1, 0.15) is 12.4 Å². The lowest BCUT2D eigenvalue weighted by molar-refractivity contribution is -0.384. The highest BCUT2D eigenvalue weighted by Crippen LogP contribution is 2.26. The van der Waals surface area contributed by atoms with Crippen molar-refractivity contribution in [3.63, 3.8) is 0 Å². The van der Waals surface area contributed by atoms with Gasteiger partial charge in [0.05, 0.1) is 16.6 Å². The fourth-order valence-corrected chi connectivity index (χ4v) is 2.93. The second kappa shape index (κ2) is 9.15. The van der Waals surface area contributed by atoms with Crippen LogP contribution in [0.5, 0.6) is 5.75 Å². The van der Waals surface area contributed by atoms with Gasteiger partial charge in [0, 0.05) is 21.3 Å². The van der Waals surface area contributed by atoms with E-state index >= 15 is 0 Å². The van der Waals surface area contributed by atoms with Gasteiger partial charge in [-0.1, -0.05) is 30.3 Å². The number of hydrogen-bond acceptors (Lipinski definition) is 4. The summed E-state index contributed by atoms with van der Waals surface area (Å²) in [5.74, 6) is 0.663. The van der Waals surface area contributed by atoms with E-state index in [0.717, 1.165) is 14.7 Å². The number of benzene rings is 3. The second-order valence-electron chi connectivity index (χ2n) is 5.93. The van der Waals surface area contributed by atoms with Crippen molar-refractivity contribution in [2.45, 2.75) is 6.61 Å². The molecule has 3 aromatic rings. The highest BCUT2D eigenvalue weighted by Gasteiger charge is 2.09. The number of ether oxygens (including phenoxy) is 1. The van der Waals surface area contributed by atoms with Crippen LogP contribution in [0.15, 0.2) is 72.8 Å². The lowest BCUT2D eigenvalue weighted by Gasteiger charge is -2.10. The van der Waals surface area contributed by atoms with Crippen molar-refractivity contribution in [3.8, 4) is 11.8 Å². The van der Waals surface area contributed by atoms with E-state index in [0.29, 0.717) is 23.5 Å². The molecule has 0 aliphatic rings. The van der Waals surface area contributed by atoms with Crippen molar-refractivity contribution in [1.29, 1.82) is 5.26 Å². The lowest BCUT2D eigenvalue weighted by atomic mass is 10.0. The Morgan fingerprint density at radius 3 is 2.39 bits per heavy atom. The molecule has 0 bridgehead atoms. The van der Waals surface area contributed by atoms with Gasteiger partial charge < -0.3 is 4.74 Å². The molecular weight excluding hydrogens is 467 g/mol. The summed E-state index contributed by atoms with van der Waals surface area (Å²) in [5.41, 5.74) is 2.82. The third-order valence-corrected chi connectivity index (χ3v) is 4.76. The minimum atomic E-state index is -0.465. The molecule has 6 heteroatoms. The Kier molecular flexibility index (Phi) is 6.40. The van der Waals surface area contributed by atoms with Crippen LogP contribution < -0.4 is 4.74 Å². The monoisotopic (exact) mass is 482 g/mol. The molecule has 28 heavy (non-hydrogen) atoms. The third kappa shape index (κ3) is 4.96. The van der Waals surface area contributed by atoms with Crippen molar-refractivity contribution in [3.05, 3.63) is 103 Å². The van der Waals surface area contributed by atoms with Gasteiger partial charge in [-0.15, -0.1) is 0 Å². The number of halogens is 1. The Labute approximate surface area is 176 Å². The Hall–Kier alpha value is -3.18. The van der Waals surface area contributed by atoms with Gasteiger partial charge in [-0.2, -0.15) is 5.26 Å². The fraction of sp³-hybridized carbons (Fsp3) is 0.0455. The highest BCUT2D eigenvalue weighted by molar-refractivity contribution is 14.1. The highest BCUT2D eigenvalue weighted by atomic mass is 127. The molecule has 3 rings (SSSR count). The van der Waals surface area contributed by atoms with E-state index in [1.165, 1.54) is 12.1 Å². The fourth-order valence-electron chi connectivity index (χ4n) is 2.57. The third-order valence-electron chi connectivity index (χ3n) is 4.04. The van der Waals surface area contributed by atoms with Gasteiger partial charge in [0.2, 0.25) is 0 Å². The minimum Gasteiger partial charge on any atom is -0.488 e. The molecule has 138 valence electrons. The molecule has 0 saturated heterocycles. The van der Waals surface area contributed by atoms with Crippen LogP contribution in [0.2, 0.25) is 0 Å². The molecule has 0 unspecified atom stereocenters. The number of rotatable bonds is 6. The first-order valence-corrected chi connectivity index (χ1v) is 9.47. The van der Waals surface area contributed by atoms with Crippen LogP contribution in [-0.2, 0) is 6.61 Å². The van der Waals surface area contributed by atoms with E-state index < -0.39 is 4.92 Å². The molecule has 0 radical (unpaired) electrons. The number of non-ortho nitro benzene ring substituents is 1. The van der Waals surface area contributed by atoms with Crippen molar-refractivity contribution in [2.75, 3.05) is 0 Å². The average Bonchev–Trinajstić information content (AvgIpc) is 2.72. The van der Waals surface area contributed by atoms with Crippen LogP contribution in [-0.4, -0.2) is 4.92 Å². The van der Waals surface area contributed by atoms with Crippen LogP contribution in [0.25, 0.3) is 11.6 Å². The minimum absolute atomic E-state index is 0.0118. The Balaban J connectivity index is 1.84. The average molecular weight is 482 g/mol. The summed E-state index contributed by atoms with van der Waals surface area (Å²) >= 11 is 2.25. The van der Waals surface area contributed by atoms with Crippen LogP contribution in [0.4, 0.5) is 5.69 Å². The summed E-state index contributed by atoms with van der Waals surface area (Å²) in [4.78, 5) is 10.3. The van der Waals surface area contributed by atoms with E-state index in [4.69, 9.17) is 4.74 Å². The first-order chi connectivity index (χ1) is 13.6. The molecule has 3 aromatic carbocycles. The predicted octanol–water partition coefficient (Wildman–Crippen LogP) is 5.84. The second-order valence-corrected chi connectivity index (χ2v) is 7.17. The molecule has 0 saturated carbocycles. The summed E-state index contributed by atoms with van der Waals surface area (Å²) in [6, 6.07) is 23.6. The maximum absolute atomic E-state index is 10.8. The maximum Gasteiger partial charge on any atom is 0.269 e. The Bertz CT molecular complexity index is 1050. The van der Waals surface area contributed by atoms with Gasteiger partial charge in [-0.3, -0.25) is 10.1 Å². The zero-order valence-corrected chi connectivity index (χ0v) is 16.9. The Morgan fingerprint density at radius 2 is 1.75 bits per heavy atom. The molecule has 0 atom stereocenters. The van der Waals surface area contributed by atoms with Crippen molar-refractivity contribution >= 4 is 39.9 Å². The number of nitrogens with zero attached hydrogens (tertiary/aromatic N) is 2. The molecule has 0 N–H and O–H groups in total. The number of nitriles is 1. The number of allylic oxidation sites excluding steroid dienone is 1. The maximum atomic E-state index is 10.8. The topological polar surface area (TPSA) is 76.2 Å². The number of para-hydroxylation sites is 1. The molecule has 0 aromatic heterocycles. The first kappa shape index (κ1) is 19.6. The molecule has 0 heterocycles. The number of hydrogen-bond donors (Lipinski definition) is 0. The standard InChI is InChI=1S/C22H15IN2O3/c23-20-9-5-16(6-10-20)15-28-22-4-2-1-3-18(22)13-19(14-24)17-7-11-21(12-8-17)25(26)27/h1-13H,15H2/b19-13-. The first-order valence-electron chi connectivity index (χ1n) is 8.40. The number of nitro groups is 1. The molecule has 0 aliphatic carbocycles. The summed E-state index contributed by atoms with van der Waals surface area (Å²) in [5, 5.41) is 20.4. The van der Waals surface area contributed by atoms with E-state index in [9.17, 15) is 15.4 Å². The van der Waals surface area contributed by atoms with E-state index in [1.54, 1.807) is 18.2 Å². The van der Waals surface area contributed by atoms with Gasteiger partial charge >= 0.3 is 0 Å². The van der Waals surface area contributed by atoms with E-state index in [-0.39, 0.29) is 5.69 Å². The smallest absolute Gasteiger partial charge is 0.269 e. The molecular formula is C22H15IN2O3. The van der Waals surface area contributed by atoms with Crippen molar-refractivity contribution < 1.29 is 9.66 Å². The summed E-state index contributed by atoms with van der Waals surface area (Å²) in [7, 11) is 0. The number of nitro benzene ring substituents is 1. The van der Waals surface area contributed by atoms with Crippen LogP contribution >= 0.6 is 22.6 Å². The lowest BCUT2D eigenvalue weighted by Crippen LogP contribution is -1.97. The zero-order valence-electron chi connectivity index (χ0n) is 14.7. The summed E-state index contributed by atoms with van der Waals surface area (Å²) in [6.45, 7) is 0.418. The molecule has 0 fully saturated rings. The summed E-state index contributed by atoms with van der Waals surface area (Å²) < 4.78 is 7.11. The van der Waals surface area contributed by atoms with Crippen LogP contribution in [0.1, 0.15) is 16.7 Å². The van der Waals surface area contributed by atoms with Gasteiger partial charge in [-0.05, 0) is 70.1 Å². The SMILES string of the molecule is N#C/C(=C/c1ccccc1OCc1ccc(I)cc1)c1ccc([N+](=O)[O-])cc1. The molecule has 0 amide bonds. The summed E-state index contributed by atoms with van der Waals surface area (Å²) in [6.07, 6.45) is 1.73.